The van der Waals surface area contributed by atoms with Crippen LogP contribution in [0.25, 0.3) is 0 Å². The first-order chi connectivity index (χ1) is 12.7. The normalized spacial score (nSPS) is 10.4. The number of rotatable bonds is 5. The third kappa shape index (κ3) is 4.72. The fraction of sp³-hybridized carbons (Fsp3) is 0.176. The van der Waals surface area contributed by atoms with Gasteiger partial charge >= 0.3 is 12.1 Å². The van der Waals surface area contributed by atoms with Gasteiger partial charge in [0.2, 0.25) is 34.8 Å². The Morgan fingerprint density at radius 1 is 0.889 bits per heavy atom. The summed E-state index contributed by atoms with van der Waals surface area (Å²) in [5.41, 5.74) is 0.670. The minimum absolute atomic E-state index is 0.100. The van der Waals surface area contributed by atoms with Gasteiger partial charge in [-0.15, -0.1) is 0 Å². The standard InChI is InChI=1S/C17H12F5NO4/c1-23(17(25)26-8-9-5-3-2-4-6-9)7-10(24)27-16-14(21)12(19)11(18)13(20)15(16)22/h2-6H,7-8H2,1H3. The monoisotopic (exact) mass is 389 g/mol. The highest BCUT2D eigenvalue weighted by molar-refractivity contribution is 5.79. The van der Waals surface area contributed by atoms with Crippen molar-refractivity contribution >= 4 is 12.1 Å². The van der Waals surface area contributed by atoms with Crippen LogP contribution in [0.5, 0.6) is 5.75 Å². The van der Waals surface area contributed by atoms with Gasteiger partial charge in [-0.2, -0.15) is 8.78 Å². The Kier molecular flexibility index (Phi) is 6.32. The van der Waals surface area contributed by atoms with Crippen LogP contribution in [0.1, 0.15) is 5.56 Å². The molecular weight excluding hydrogens is 377 g/mol. The van der Waals surface area contributed by atoms with E-state index in [9.17, 15) is 31.5 Å². The minimum Gasteiger partial charge on any atom is -0.445 e. The molecule has 0 aliphatic heterocycles. The lowest BCUT2D eigenvalue weighted by Crippen LogP contribution is -2.34. The molecule has 0 fully saturated rings. The van der Waals surface area contributed by atoms with Crippen LogP contribution in [0.2, 0.25) is 0 Å². The molecule has 27 heavy (non-hydrogen) atoms. The summed E-state index contributed by atoms with van der Waals surface area (Å²) in [6, 6.07) is 8.56. The Bertz CT molecular complexity index is 831. The molecule has 0 atom stereocenters. The predicted octanol–water partition coefficient (Wildman–Crippen LogP) is 3.56. The van der Waals surface area contributed by atoms with Crippen molar-refractivity contribution in [3.05, 3.63) is 65.0 Å². The Hall–Kier alpha value is -3.17. The summed E-state index contributed by atoms with van der Waals surface area (Å²) < 4.78 is 75.1. The molecule has 10 heteroatoms. The average molecular weight is 389 g/mol. The third-order valence-corrected chi connectivity index (χ3v) is 3.27. The van der Waals surface area contributed by atoms with Gasteiger partial charge in [-0.3, -0.25) is 0 Å². The first-order valence-corrected chi connectivity index (χ1v) is 7.36. The first kappa shape index (κ1) is 20.1. The van der Waals surface area contributed by atoms with Crippen molar-refractivity contribution < 1.29 is 41.0 Å². The molecule has 5 nitrogen and oxygen atoms in total. The molecule has 2 aromatic carbocycles. The number of hydrogen-bond acceptors (Lipinski definition) is 4. The van der Waals surface area contributed by atoms with Gasteiger partial charge in [0.25, 0.3) is 0 Å². The summed E-state index contributed by atoms with van der Waals surface area (Å²) >= 11 is 0. The van der Waals surface area contributed by atoms with E-state index < -0.39 is 53.4 Å². The molecule has 0 bridgehead atoms. The molecule has 0 saturated heterocycles. The zero-order valence-corrected chi connectivity index (χ0v) is 13.8. The highest BCUT2D eigenvalue weighted by atomic mass is 19.2. The Labute approximate surface area is 149 Å². The van der Waals surface area contributed by atoms with E-state index in [1.165, 1.54) is 0 Å². The van der Waals surface area contributed by atoms with Crippen LogP contribution in [-0.2, 0) is 16.1 Å². The van der Waals surface area contributed by atoms with Crippen LogP contribution >= 0.6 is 0 Å². The maximum Gasteiger partial charge on any atom is 0.410 e. The van der Waals surface area contributed by atoms with Gasteiger partial charge in [-0.05, 0) is 5.56 Å². The SMILES string of the molecule is CN(CC(=O)Oc1c(F)c(F)c(F)c(F)c1F)C(=O)OCc1ccccc1. The minimum atomic E-state index is -2.38. The first-order valence-electron chi connectivity index (χ1n) is 7.36. The van der Waals surface area contributed by atoms with E-state index >= 15 is 0 Å². The van der Waals surface area contributed by atoms with E-state index in [1.54, 1.807) is 30.3 Å². The van der Waals surface area contributed by atoms with Gasteiger partial charge in [0.05, 0.1) is 0 Å². The van der Waals surface area contributed by atoms with Crippen LogP contribution in [-0.4, -0.2) is 30.6 Å². The van der Waals surface area contributed by atoms with E-state index in [-0.39, 0.29) is 6.61 Å². The lowest BCUT2D eigenvalue weighted by molar-refractivity contribution is -0.135. The summed E-state index contributed by atoms with van der Waals surface area (Å²) in [6.07, 6.45) is -0.965. The van der Waals surface area contributed by atoms with Gasteiger partial charge in [0, 0.05) is 7.05 Å². The highest BCUT2D eigenvalue weighted by Gasteiger charge is 2.29. The van der Waals surface area contributed by atoms with Gasteiger partial charge in [0.15, 0.2) is 0 Å². The molecule has 2 aromatic rings. The number of carbonyl (C=O) groups excluding carboxylic acids is 2. The molecule has 0 saturated carbocycles. The van der Waals surface area contributed by atoms with Crippen LogP contribution in [0.3, 0.4) is 0 Å². The summed E-state index contributed by atoms with van der Waals surface area (Å²) in [5, 5.41) is 0. The number of amides is 1. The maximum atomic E-state index is 13.5. The van der Waals surface area contributed by atoms with Crippen molar-refractivity contribution in [2.75, 3.05) is 13.6 Å². The van der Waals surface area contributed by atoms with Crippen LogP contribution in [0.15, 0.2) is 30.3 Å². The highest BCUT2D eigenvalue weighted by Crippen LogP contribution is 2.29. The molecule has 144 valence electrons. The summed E-state index contributed by atoms with van der Waals surface area (Å²) in [6.45, 7) is -0.955. The predicted molar refractivity (Wildman–Crippen MR) is 81.1 cm³/mol. The smallest absolute Gasteiger partial charge is 0.410 e. The Balaban J connectivity index is 1.98. The molecule has 0 unspecified atom stereocenters. The fourth-order valence-electron chi connectivity index (χ4n) is 1.91. The molecule has 2 rings (SSSR count). The summed E-state index contributed by atoms with van der Waals surface area (Å²) in [4.78, 5) is 24.1. The zero-order chi connectivity index (χ0) is 20.1. The van der Waals surface area contributed by atoms with Crippen LogP contribution < -0.4 is 4.74 Å². The van der Waals surface area contributed by atoms with Crippen LogP contribution in [0.4, 0.5) is 26.7 Å². The second-order valence-corrected chi connectivity index (χ2v) is 5.27. The molecule has 0 heterocycles. The van der Waals surface area contributed by atoms with E-state index in [0.29, 0.717) is 10.5 Å². The van der Waals surface area contributed by atoms with Gasteiger partial charge < -0.3 is 14.4 Å². The van der Waals surface area contributed by atoms with Crippen molar-refractivity contribution in [3.8, 4) is 5.75 Å². The second kappa shape index (κ2) is 8.47. The Morgan fingerprint density at radius 3 is 1.96 bits per heavy atom. The van der Waals surface area contributed by atoms with Crippen molar-refractivity contribution in [2.45, 2.75) is 6.61 Å². The number of nitrogens with zero attached hydrogens (tertiary/aromatic N) is 1. The molecular formula is C17H12F5NO4. The second-order valence-electron chi connectivity index (χ2n) is 5.27. The van der Waals surface area contributed by atoms with E-state index in [2.05, 4.69) is 4.74 Å². The van der Waals surface area contributed by atoms with Gasteiger partial charge in [-0.25, -0.2) is 22.8 Å². The quantitative estimate of drug-likeness (QED) is 0.258. The molecule has 1 amide bonds. The number of hydrogen-bond donors (Lipinski definition) is 0. The lowest BCUT2D eigenvalue weighted by Gasteiger charge is -2.16. The lowest BCUT2D eigenvalue weighted by atomic mass is 10.2. The zero-order valence-electron chi connectivity index (χ0n) is 13.8. The van der Waals surface area contributed by atoms with Crippen molar-refractivity contribution in [1.82, 2.24) is 4.90 Å². The van der Waals surface area contributed by atoms with E-state index in [4.69, 9.17) is 4.74 Å². The van der Waals surface area contributed by atoms with E-state index in [0.717, 1.165) is 7.05 Å². The number of carbonyl (C=O) groups is 2. The maximum absolute atomic E-state index is 13.5. The number of halogens is 5. The van der Waals surface area contributed by atoms with Crippen molar-refractivity contribution in [1.29, 1.82) is 0 Å². The topological polar surface area (TPSA) is 55.8 Å². The fourth-order valence-corrected chi connectivity index (χ4v) is 1.91. The van der Waals surface area contributed by atoms with Crippen LogP contribution in [0, 0.1) is 29.1 Å². The molecule has 0 N–H and O–H groups in total. The number of benzene rings is 2. The van der Waals surface area contributed by atoms with Gasteiger partial charge in [0.1, 0.15) is 13.2 Å². The summed E-state index contributed by atoms with van der Waals surface area (Å²) in [7, 11) is 1.12. The van der Waals surface area contributed by atoms with Crippen molar-refractivity contribution in [2.24, 2.45) is 0 Å². The molecule has 0 spiro atoms. The Morgan fingerprint density at radius 2 is 1.41 bits per heavy atom. The number of ether oxygens (including phenoxy) is 2. The van der Waals surface area contributed by atoms with Gasteiger partial charge in [-0.1, -0.05) is 30.3 Å². The molecule has 0 aromatic heterocycles. The van der Waals surface area contributed by atoms with E-state index in [1.807, 2.05) is 0 Å². The van der Waals surface area contributed by atoms with Crippen molar-refractivity contribution in [3.63, 3.8) is 0 Å². The molecule has 0 aliphatic carbocycles. The molecule has 0 aliphatic rings. The third-order valence-electron chi connectivity index (χ3n) is 3.27. The number of likely N-dealkylation sites (N-methyl/N-ethyl adjacent to an activating group) is 1. The molecule has 0 radical (unpaired) electrons. The number of esters is 1. The summed E-state index contributed by atoms with van der Waals surface area (Å²) in [5.74, 6) is -14.7. The largest absolute Gasteiger partial charge is 0.445 e. The average Bonchev–Trinajstić information content (AvgIpc) is 2.67.